The number of aryl methyl sites for hydroxylation is 1. The largest absolute Gasteiger partial charge is 0.435 e. The molecule has 6 aromatic rings. The van der Waals surface area contributed by atoms with Crippen molar-refractivity contribution in [2.45, 2.75) is 39.4 Å². The van der Waals surface area contributed by atoms with E-state index in [2.05, 4.69) is 25.4 Å². The highest BCUT2D eigenvalue weighted by molar-refractivity contribution is 6.15. The van der Waals surface area contributed by atoms with E-state index in [1.165, 1.54) is 36.8 Å². The number of nitrogens with one attached hydrogen (secondary N) is 2. The number of alkyl halides is 3. The van der Waals surface area contributed by atoms with Crippen LogP contribution in [0.2, 0.25) is 0 Å². The van der Waals surface area contributed by atoms with Crippen molar-refractivity contribution in [3.8, 4) is 16.8 Å². The smallest absolute Gasteiger partial charge is 0.384 e. The number of nitrogens with zero attached hydrogens (tertiary/aromatic N) is 5. The van der Waals surface area contributed by atoms with E-state index in [0.29, 0.717) is 29.7 Å². The molecule has 6 rings (SSSR count). The molecule has 11 nitrogen and oxygen atoms in total. The van der Waals surface area contributed by atoms with Crippen LogP contribution in [0.4, 0.5) is 23.2 Å². The summed E-state index contributed by atoms with van der Waals surface area (Å²) in [6.45, 7) is 3.98. The quantitative estimate of drug-likeness (QED) is 0.132. The molecule has 0 bridgehead atoms. The molecule has 0 unspecified atom stereocenters. The van der Waals surface area contributed by atoms with Crippen LogP contribution >= 0.6 is 0 Å². The fourth-order valence-electron chi connectivity index (χ4n) is 5.47. The van der Waals surface area contributed by atoms with Crippen molar-refractivity contribution in [2.24, 2.45) is 5.73 Å². The molecule has 0 aliphatic heterocycles. The molecule has 0 atom stereocenters. The summed E-state index contributed by atoms with van der Waals surface area (Å²) < 4.78 is 59.4. The lowest BCUT2D eigenvalue weighted by Gasteiger charge is -2.15. The summed E-state index contributed by atoms with van der Waals surface area (Å²) in [6.07, 6.45) is -1.59. The van der Waals surface area contributed by atoms with Gasteiger partial charge in [0.05, 0.1) is 33.2 Å². The summed E-state index contributed by atoms with van der Waals surface area (Å²) in [4.78, 5) is 25.3. The van der Waals surface area contributed by atoms with Gasteiger partial charge in [-0.3, -0.25) is 4.79 Å². The average Bonchev–Trinajstić information content (AvgIpc) is 3.59. The summed E-state index contributed by atoms with van der Waals surface area (Å²) in [5.74, 6) is -0.590. The number of anilines is 1. The van der Waals surface area contributed by atoms with Gasteiger partial charge in [-0.1, -0.05) is 0 Å². The molecular weight excluding hydrogens is 584 g/mol. The number of aliphatic hydroxyl groups excluding tert-OH is 1. The van der Waals surface area contributed by atoms with Crippen molar-refractivity contribution in [1.29, 1.82) is 0 Å². The van der Waals surface area contributed by atoms with E-state index in [1.807, 2.05) is 6.92 Å². The lowest BCUT2D eigenvalue weighted by atomic mass is 10.0. The first-order valence-corrected chi connectivity index (χ1v) is 13.6. The first kappa shape index (κ1) is 29.2. The normalized spacial score (nSPS) is 12.3. The fraction of sp³-hybridized carbons (Fsp3) is 0.241. The van der Waals surface area contributed by atoms with Crippen LogP contribution in [0.3, 0.4) is 0 Å². The zero-order chi connectivity index (χ0) is 31.5. The van der Waals surface area contributed by atoms with Gasteiger partial charge in [-0.15, -0.1) is 0 Å². The Balaban J connectivity index is 1.74. The Kier molecular flexibility index (Phi) is 7.10. The molecule has 44 heavy (non-hydrogen) atoms. The molecule has 0 spiro atoms. The Morgan fingerprint density at radius 2 is 1.86 bits per heavy atom. The number of halogens is 4. The van der Waals surface area contributed by atoms with E-state index in [0.717, 1.165) is 10.9 Å². The van der Waals surface area contributed by atoms with E-state index < -0.39 is 36.0 Å². The number of rotatable bonds is 7. The van der Waals surface area contributed by atoms with Gasteiger partial charge in [0, 0.05) is 66.5 Å². The van der Waals surface area contributed by atoms with Crippen molar-refractivity contribution >= 4 is 38.7 Å². The Labute approximate surface area is 245 Å². The van der Waals surface area contributed by atoms with Crippen LogP contribution in [-0.4, -0.2) is 46.1 Å². The van der Waals surface area contributed by atoms with Crippen LogP contribution in [0.15, 0.2) is 47.8 Å². The first-order valence-electron chi connectivity index (χ1n) is 13.6. The molecule has 6 N–H and O–H groups in total. The Morgan fingerprint density at radius 3 is 2.50 bits per heavy atom. The first-order chi connectivity index (χ1) is 21.0. The minimum absolute atomic E-state index is 0.0412. The molecule has 0 saturated heterocycles. The maximum Gasteiger partial charge on any atom is 0.435 e. The highest BCUT2D eigenvalue weighted by atomic mass is 19.4. The highest BCUT2D eigenvalue weighted by Crippen LogP contribution is 2.40. The van der Waals surface area contributed by atoms with Gasteiger partial charge < -0.3 is 30.8 Å². The van der Waals surface area contributed by atoms with E-state index in [1.54, 1.807) is 11.5 Å². The maximum atomic E-state index is 14.9. The summed E-state index contributed by atoms with van der Waals surface area (Å²) in [5.41, 5.74) is 5.26. The van der Waals surface area contributed by atoms with E-state index in [-0.39, 0.29) is 50.0 Å². The molecule has 0 fully saturated rings. The van der Waals surface area contributed by atoms with E-state index in [4.69, 9.17) is 5.73 Å². The zero-order valence-electron chi connectivity index (χ0n) is 23.4. The van der Waals surface area contributed by atoms with Crippen LogP contribution in [-0.2, 0) is 19.3 Å². The molecule has 0 aliphatic carbocycles. The van der Waals surface area contributed by atoms with E-state index >= 15 is 0 Å². The minimum atomic E-state index is -4.81. The summed E-state index contributed by atoms with van der Waals surface area (Å²) in [5, 5.41) is 27.2. The number of H-pyrrole nitrogens is 1. The molecule has 0 aliphatic rings. The van der Waals surface area contributed by atoms with Gasteiger partial charge in [-0.25, -0.2) is 19.0 Å². The van der Waals surface area contributed by atoms with Crippen LogP contribution in [0.25, 0.3) is 49.8 Å². The summed E-state index contributed by atoms with van der Waals surface area (Å²) in [6, 6.07) is 3.99. The average molecular weight is 611 g/mol. The van der Waals surface area contributed by atoms with Crippen LogP contribution in [0.5, 0.6) is 0 Å². The van der Waals surface area contributed by atoms with Gasteiger partial charge in [-0.05, 0) is 32.0 Å². The second-order valence-corrected chi connectivity index (χ2v) is 10.1. The van der Waals surface area contributed by atoms with Gasteiger partial charge in [0.15, 0.2) is 17.4 Å². The number of aliphatic hydroxyl groups is 2. The molecule has 15 heteroatoms. The monoisotopic (exact) mass is 610 g/mol. The topological polar surface area (TPSA) is 160 Å². The lowest BCUT2D eigenvalue weighted by molar-refractivity contribution is -0.141. The SMILES string of the molecule is CCNc1cc(F)cc2c1[nH]c1ncc(-c3cnc4c(c3)c(=O)c(C(O)O)cn4CC)c(-n3cc(CN)c(C(F)(F)F)n3)c12. The highest BCUT2D eigenvalue weighted by Gasteiger charge is 2.37. The van der Waals surface area contributed by atoms with Gasteiger partial charge >= 0.3 is 6.18 Å². The zero-order valence-corrected chi connectivity index (χ0v) is 23.4. The van der Waals surface area contributed by atoms with Crippen molar-refractivity contribution < 1.29 is 27.8 Å². The fourth-order valence-corrected chi connectivity index (χ4v) is 5.47. The van der Waals surface area contributed by atoms with Gasteiger partial charge in [0.1, 0.15) is 17.1 Å². The number of aromatic amines is 1. The predicted molar refractivity (Wildman–Crippen MR) is 156 cm³/mol. The third-order valence-corrected chi connectivity index (χ3v) is 7.41. The van der Waals surface area contributed by atoms with Crippen LogP contribution < -0.4 is 16.5 Å². The summed E-state index contributed by atoms with van der Waals surface area (Å²) in [7, 11) is 0. The third kappa shape index (κ3) is 4.65. The number of benzene rings is 1. The minimum Gasteiger partial charge on any atom is -0.384 e. The standard InChI is InChI=1S/C29H26F4N8O3/c1-3-35-20-7-15(30)6-16-21-23(41-11-14(8-34)25(39-41)29(31,32)33)18(10-36-26(21)38-22(16)20)13-5-17-24(42)19(28(43)44)12-40(4-2)27(17)37-9-13/h5-7,9-12,28,35,43-44H,3-4,8,34H2,1-2H3,(H,36,38). The number of nitrogens with two attached hydrogens (primary N) is 1. The molecule has 5 heterocycles. The van der Waals surface area contributed by atoms with Crippen molar-refractivity contribution in [2.75, 3.05) is 11.9 Å². The Bertz CT molecular complexity index is 2130. The lowest BCUT2D eigenvalue weighted by Crippen LogP contribution is -2.18. The van der Waals surface area contributed by atoms with Crippen LogP contribution in [0, 0.1) is 5.82 Å². The second kappa shape index (κ2) is 10.7. The molecule has 5 aromatic heterocycles. The van der Waals surface area contributed by atoms with Crippen molar-refractivity contribution in [3.63, 3.8) is 0 Å². The molecule has 228 valence electrons. The maximum absolute atomic E-state index is 14.9. The second-order valence-electron chi connectivity index (χ2n) is 10.1. The number of aromatic nitrogens is 6. The summed E-state index contributed by atoms with van der Waals surface area (Å²) >= 11 is 0. The van der Waals surface area contributed by atoms with Gasteiger partial charge in [-0.2, -0.15) is 18.3 Å². The number of pyridine rings is 3. The van der Waals surface area contributed by atoms with E-state index in [9.17, 15) is 32.6 Å². The van der Waals surface area contributed by atoms with Gasteiger partial charge in [0.2, 0.25) is 0 Å². The third-order valence-electron chi connectivity index (χ3n) is 7.41. The number of hydrogen-bond acceptors (Lipinski definition) is 8. The number of fused-ring (bicyclic) bond motifs is 4. The number of hydrogen-bond donors (Lipinski definition) is 5. The predicted octanol–water partition coefficient (Wildman–Crippen LogP) is 4.33. The molecule has 0 amide bonds. The Morgan fingerprint density at radius 1 is 1.09 bits per heavy atom. The van der Waals surface area contributed by atoms with Crippen molar-refractivity contribution in [1.82, 2.24) is 29.3 Å². The Hall–Kier alpha value is -4.86. The molecule has 0 saturated carbocycles. The van der Waals surface area contributed by atoms with Gasteiger partial charge in [0.25, 0.3) is 0 Å². The van der Waals surface area contributed by atoms with Crippen LogP contribution in [0.1, 0.15) is 37.0 Å². The molecular formula is C29H26F4N8O3. The van der Waals surface area contributed by atoms with Crippen molar-refractivity contribution in [3.05, 3.63) is 75.8 Å². The molecule has 1 aromatic carbocycles. The molecule has 0 radical (unpaired) electrons.